The van der Waals surface area contributed by atoms with Crippen LogP contribution in [0.5, 0.6) is 23.0 Å². The zero-order valence-electron chi connectivity index (χ0n) is 22.1. The molecular weight excluding hydrogens is 514 g/mol. The van der Waals surface area contributed by atoms with Crippen LogP contribution in [0.1, 0.15) is 39.4 Å². The number of allylic oxidation sites excluding steroid dienone is 1. The van der Waals surface area contributed by atoms with E-state index in [1.54, 1.807) is 37.5 Å². The van der Waals surface area contributed by atoms with Crippen molar-refractivity contribution < 1.29 is 38.1 Å². The maximum absolute atomic E-state index is 13.5. The van der Waals surface area contributed by atoms with E-state index in [2.05, 4.69) is 0 Å². The van der Waals surface area contributed by atoms with Gasteiger partial charge in [-0.2, -0.15) is 0 Å². The second-order valence-electron chi connectivity index (χ2n) is 9.51. The topological polar surface area (TPSA) is 102 Å². The number of esters is 2. The smallest absolute Gasteiger partial charge is 0.343 e. The maximum Gasteiger partial charge on any atom is 0.343 e. The Morgan fingerprint density at radius 2 is 1.90 bits per heavy atom. The highest BCUT2D eigenvalue weighted by molar-refractivity contribution is 6.15. The van der Waals surface area contributed by atoms with Gasteiger partial charge in [-0.25, -0.2) is 4.79 Å². The molecule has 0 N–H and O–H groups in total. The van der Waals surface area contributed by atoms with Crippen molar-refractivity contribution in [1.29, 1.82) is 0 Å². The van der Waals surface area contributed by atoms with Crippen LogP contribution in [-0.4, -0.2) is 43.1 Å². The number of hydrogen-bond donors (Lipinski definition) is 0. The van der Waals surface area contributed by atoms with Gasteiger partial charge in [0.1, 0.15) is 23.0 Å². The fraction of sp³-hybridized carbons (Fsp3) is 0.194. The third-order valence-electron chi connectivity index (χ3n) is 7.16. The number of para-hydroxylation sites is 1. The van der Waals surface area contributed by atoms with E-state index in [0.29, 0.717) is 39.7 Å². The van der Waals surface area contributed by atoms with Crippen molar-refractivity contribution in [3.63, 3.8) is 0 Å². The Labute approximate surface area is 229 Å². The summed E-state index contributed by atoms with van der Waals surface area (Å²) in [6.45, 7) is -0.290. The summed E-state index contributed by atoms with van der Waals surface area (Å²) in [5.74, 6) is 0.160. The lowest BCUT2D eigenvalue weighted by molar-refractivity contribution is -0.143. The molecule has 40 heavy (non-hydrogen) atoms. The van der Waals surface area contributed by atoms with Crippen molar-refractivity contribution in [2.75, 3.05) is 20.8 Å². The summed E-state index contributed by atoms with van der Waals surface area (Å²) in [6, 6.07) is 16.1. The van der Waals surface area contributed by atoms with E-state index in [0.717, 1.165) is 16.5 Å². The first-order valence-corrected chi connectivity index (χ1v) is 12.6. The number of ether oxygens (including phenoxy) is 5. The standard InChI is InChI=1S/C31H25NO8/c1-32-15-17(21-13-18(36-2)8-10-23(21)32)12-26-30(35)20-9-11-25-29(31(20)40-26)22(14-27(33)39-25)19-6-4-5-7-24(19)38-16-28(34)37-3/h4-13,15,22H,14,16H2,1-3H3/b26-12-/t22-/m1/s1. The van der Waals surface area contributed by atoms with E-state index >= 15 is 0 Å². The van der Waals surface area contributed by atoms with Gasteiger partial charge in [0.25, 0.3) is 0 Å². The number of nitrogens with zero attached hydrogens (tertiary/aromatic N) is 1. The minimum Gasteiger partial charge on any atom is -0.497 e. The van der Waals surface area contributed by atoms with Gasteiger partial charge in [0.05, 0.1) is 26.2 Å². The first-order chi connectivity index (χ1) is 19.4. The molecule has 0 unspecified atom stereocenters. The molecule has 0 bridgehead atoms. The molecule has 3 heterocycles. The molecule has 6 rings (SSSR count). The zero-order valence-corrected chi connectivity index (χ0v) is 22.1. The van der Waals surface area contributed by atoms with E-state index in [-0.39, 0.29) is 24.6 Å². The third kappa shape index (κ3) is 4.25. The number of Topliss-reactive ketones (excluding diaryl/α,β-unsaturated/α-hetero) is 1. The molecule has 0 saturated heterocycles. The fourth-order valence-electron chi connectivity index (χ4n) is 5.25. The highest BCUT2D eigenvalue weighted by Gasteiger charge is 2.39. The summed E-state index contributed by atoms with van der Waals surface area (Å²) < 4.78 is 29.6. The average Bonchev–Trinajstić information content (AvgIpc) is 3.46. The Morgan fingerprint density at radius 3 is 2.70 bits per heavy atom. The molecular formula is C31H25NO8. The average molecular weight is 540 g/mol. The minimum atomic E-state index is -0.533. The molecule has 3 aromatic carbocycles. The summed E-state index contributed by atoms with van der Waals surface area (Å²) in [5, 5.41) is 0.909. The number of benzene rings is 3. The van der Waals surface area contributed by atoms with Crippen molar-refractivity contribution >= 4 is 34.7 Å². The lowest BCUT2D eigenvalue weighted by Crippen LogP contribution is -2.22. The van der Waals surface area contributed by atoms with E-state index in [9.17, 15) is 14.4 Å². The van der Waals surface area contributed by atoms with Gasteiger partial charge >= 0.3 is 11.9 Å². The van der Waals surface area contributed by atoms with Crippen molar-refractivity contribution in [3.8, 4) is 23.0 Å². The zero-order chi connectivity index (χ0) is 28.0. The van der Waals surface area contributed by atoms with E-state index in [1.165, 1.54) is 7.11 Å². The molecule has 0 saturated carbocycles. The summed E-state index contributed by atoms with van der Waals surface area (Å²) in [7, 11) is 4.81. The highest BCUT2D eigenvalue weighted by atomic mass is 16.6. The molecule has 0 amide bonds. The molecule has 202 valence electrons. The summed E-state index contributed by atoms with van der Waals surface area (Å²) in [5.41, 5.74) is 3.38. The van der Waals surface area contributed by atoms with Crippen molar-refractivity contribution in [2.45, 2.75) is 12.3 Å². The largest absolute Gasteiger partial charge is 0.497 e. The normalized spacial score (nSPS) is 16.8. The third-order valence-corrected chi connectivity index (χ3v) is 7.16. The SMILES string of the molecule is COC(=O)COc1ccccc1[C@H]1CC(=O)Oc2ccc3c(c21)O/C(=C\c1cn(C)c2ccc(OC)cc12)C3=O. The van der Waals surface area contributed by atoms with Crippen molar-refractivity contribution in [2.24, 2.45) is 7.05 Å². The van der Waals surface area contributed by atoms with Gasteiger partial charge in [-0.3, -0.25) is 9.59 Å². The number of methoxy groups -OCH3 is 2. The van der Waals surface area contributed by atoms with E-state index in [1.807, 2.05) is 48.1 Å². The number of ketones is 1. The number of carbonyl (C=O) groups excluding carboxylic acids is 3. The van der Waals surface area contributed by atoms with Crippen LogP contribution < -0.4 is 18.9 Å². The predicted octanol–water partition coefficient (Wildman–Crippen LogP) is 4.80. The van der Waals surface area contributed by atoms with Gasteiger partial charge in [0, 0.05) is 46.8 Å². The van der Waals surface area contributed by atoms with Gasteiger partial charge in [-0.05, 0) is 42.5 Å². The van der Waals surface area contributed by atoms with Crippen LogP contribution in [0.4, 0.5) is 0 Å². The highest BCUT2D eigenvalue weighted by Crippen LogP contribution is 2.50. The molecule has 0 aliphatic carbocycles. The quantitative estimate of drug-likeness (QED) is 0.196. The number of fused-ring (bicyclic) bond motifs is 4. The maximum atomic E-state index is 13.5. The predicted molar refractivity (Wildman–Crippen MR) is 145 cm³/mol. The second-order valence-corrected chi connectivity index (χ2v) is 9.51. The van der Waals surface area contributed by atoms with Crippen LogP contribution in [0.2, 0.25) is 0 Å². The Bertz CT molecular complexity index is 1730. The number of carbonyl (C=O) groups is 3. The molecule has 2 aliphatic rings. The molecule has 9 nitrogen and oxygen atoms in total. The summed E-state index contributed by atoms with van der Waals surface area (Å²) in [4.78, 5) is 37.9. The van der Waals surface area contributed by atoms with Gasteiger partial charge in [-0.15, -0.1) is 0 Å². The Hall–Kier alpha value is -5.05. The number of aromatic nitrogens is 1. The second kappa shape index (κ2) is 9.92. The monoisotopic (exact) mass is 539 g/mol. The molecule has 2 aliphatic heterocycles. The van der Waals surface area contributed by atoms with Gasteiger partial charge in [-0.1, -0.05) is 18.2 Å². The van der Waals surface area contributed by atoms with Crippen LogP contribution in [0.3, 0.4) is 0 Å². The fourth-order valence-corrected chi connectivity index (χ4v) is 5.25. The number of rotatable bonds is 6. The van der Waals surface area contributed by atoms with E-state index < -0.39 is 17.9 Å². The minimum absolute atomic E-state index is 0.00175. The Morgan fingerprint density at radius 1 is 1.07 bits per heavy atom. The summed E-state index contributed by atoms with van der Waals surface area (Å²) in [6.07, 6.45) is 3.64. The number of aryl methyl sites for hydroxylation is 1. The molecule has 0 fully saturated rings. The van der Waals surface area contributed by atoms with Crippen LogP contribution in [0.15, 0.2) is 66.6 Å². The van der Waals surface area contributed by atoms with Gasteiger partial charge in [0.2, 0.25) is 5.78 Å². The first kappa shape index (κ1) is 25.2. The Balaban J connectivity index is 1.43. The lowest BCUT2D eigenvalue weighted by atomic mass is 9.84. The molecule has 4 aromatic rings. The summed E-state index contributed by atoms with van der Waals surface area (Å²) >= 11 is 0. The van der Waals surface area contributed by atoms with E-state index in [4.69, 9.17) is 23.7 Å². The number of hydrogen-bond acceptors (Lipinski definition) is 8. The van der Waals surface area contributed by atoms with Gasteiger partial charge in [0.15, 0.2) is 12.4 Å². The van der Waals surface area contributed by atoms with Crippen LogP contribution >= 0.6 is 0 Å². The molecule has 0 radical (unpaired) electrons. The molecule has 0 spiro atoms. The lowest BCUT2D eigenvalue weighted by Gasteiger charge is -2.27. The molecule has 1 atom stereocenters. The molecule has 9 heteroatoms. The first-order valence-electron chi connectivity index (χ1n) is 12.6. The Kier molecular flexibility index (Phi) is 6.26. The van der Waals surface area contributed by atoms with Crippen LogP contribution in [0, 0.1) is 0 Å². The van der Waals surface area contributed by atoms with Crippen molar-refractivity contribution in [1.82, 2.24) is 4.57 Å². The van der Waals surface area contributed by atoms with Crippen LogP contribution in [0.25, 0.3) is 17.0 Å². The van der Waals surface area contributed by atoms with Crippen LogP contribution in [-0.2, 0) is 21.4 Å². The molecule has 1 aromatic heterocycles. The van der Waals surface area contributed by atoms with Gasteiger partial charge < -0.3 is 28.3 Å². The van der Waals surface area contributed by atoms with Crippen molar-refractivity contribution in [3.05, 3.63) is 88.8 Å².